The summed E-state index contributed by atoms with van der Waals surface area (Å²) in [6.07, 6.45) is -3.00. The minimum atomic E-state index is -4.33. The number of hydrogen-bond donors (Lipinski definition) is 2. The zero-order chi connectivity index (χ0) is 12.2. The molecule has 1 aromatic rings. The molecule has 1 rings (SSSR count). The van der Waals surface area contributed by atoms with Crippen molar-refractivity contribution in [2.75, 3.05) is 0 Å². The van der Waals surface area contributed by atoms with E-state index in [0.717, 1.165) is 12.5 Å². The lowest BCUT2D eigenvalue weighted by Crippen LogP contribution is -2.29. The van der Waals surface area contributed by atoms with Gasteiger partial charge in [0, 0.05) is 6.04 Å². The third-order valence-corrected chi connectivity index (χ3v) is 2.42. The van der Waals surface area contributed by atoms with Crippen LogP contribution in [0.25, 0.3) is 0 Å². The fourth-order valence-corrected chi connectivity index (χ4v) is 1.68. The van der Waals surface area contributed by atoms with E-state index >= 15 is 0 Å². The standard InChI is InChI=1S/C11H15F3N2/c1-2-5-10(16-15)8-6-3-4-7-9(8)11(12,13)14/h3-4,6-7,10,16H,2,5,15H2,1H3. The summed E-state index contributed by atoms with van der Waals surface area (Å²) in [5.41, 5.74) is 2.02. The van der Waals surface area contributed by atoms with E-state index in [-0.39, 0.29) is 5.56 Å². The molecule has 0 aliphatic carbocycles. The fourth-order valence-electron chi connectivity index (χ4n) is 1.68. The molecular formula is C11H15F3N2. The highest BCUT2D eigenvalue weighted by molar-refractivity contribution is 5.32. The molecule has 90 valence electrons. The summed E-state index contributed by atoms with van der Waals surface area (Å²) >= 11 is 0. The maximum atomic E-state index is 12.7. The van der Waals surface area contributed by atoms with Gasteiger partial charge in [0.1, 0.15) is 0 Å². The molecule has 3 N–H and O–H groups in total. The largest absolute Gasteiger partial charge is 0.416 e. The van der Waals surface area contributed by atoms with Crippen molar-refractivity contribution in [2.45, 2.75) is 32.0 Å². The van der Waals surface area contributed by atoms with Crippen LogP contribution >= 0.6 is 0 Å². The first kappa shape index (κ1) is 13.0. The molecule has 0 saturated carbocycles. The first-order valence-corrected chi connectivity index (χ1v) is 5.13. The molecule has 0 aliphatic rings. The lowest BCUT2D eigenvalue weighted by molar-refractivity contribution is -0.138. The second-order valence-corrected chi connectivity index (χ2v) is 3.59. The van der Waals surface area contributed by atoms with Crippen molar-refractivity contribution in [3.63, 3.8) is 0 Å². The van der Waals surface area contributed by atoms with Crippen LogP contribution in [0.5, 0.6) is 0 Å². The Kier molecular flexibility index (Phi) is 4.32. The maximum Gasteiger partial charge on any atom is 0.416 e. The van der Waals surface area contributed by atoms with Crippen LogP contribution in [0.2, 0.25) is 0 Å². The number of hydrogen-bond acceptors (Lipinski definition) is 2. The third kappa shape index (κ3) is 2.96. The first-order chi connectivity index (χ1) is 7.50. The molecule has 1 atom stereocenters. The topological polar surface area (TPSA) is 38.0 Å². The molecule has 16 heavy (non-hydrogen) atoms. The number of nitrogens with one attached hydrogen (secondary N) is 1. The highest BCUT2D eigenvalue weighted by atomic mass is 19.4. The van der Waals surface area contributed by atoms with Crippen LogP contribution in [-0.2, 0) is 6.18 Å². The van der Waals surface area contributed by atoms with E-state index in [9.17, 15) is 13.2 Å². The van der Waals surface area contributed by atoms with Crippen molar-refractivity contribution in [1.29, 1.82) is 0 Å². The molecule has 0 heterocycles. The van der Waals surface area contributed by atoms with Gasteiger partial charge in [-0.3, -0.25) is 11.3 Å². The Labute approximate surface area is 92.6 Å². The van der Waals surface area contributed by atoms with E-state index in [1.807, 2.05) is 6.92 Å². The van der Waals surface area contributed by atoms with Gasteiger partial charge in [0.25, 0.3) is 0 Å². The van der Waals surface area contributed by atoms with Crippen molar-refractivity contribution < 1.29 is 13.2 Å². The van der Waals surface area contributed by atoms with Crippen molar-refractivity contribution in [1.82, 2.24) is 5.43 Å². The Morgan fingerprint density at radius 3 is 2.44 bits per heavy atom. The molecule has 1 unspecified atom stereocenters. The molecule has 0 radical (unpaired) electrons. The molecule has 0 saturated heterocycles. The monoisotopic (exact) mass is 232 g/mol. The van der Waals surface area contributed by atoms with Gasteiger partial charge in [-0.1, -0.05) is 31.5 Å². The second kappa shape index (κ2) is 5.32. The predicted octanol–water partition coefficient (Wildman–Crippen LogP) is 3.01. The van der Waals surface area contributed by atoms with E-state index in [4.69, 9.17) is 5.84 Å². The van der Waals surface area contributed by atoms with Crippen molar-refractivity contribution in [3.05, 3.63) is 35.4 Å². The predicted molar refractivity (Wildman–Crippen MR) is 56.4 cm³/mol. The molecule has 5 heteroatoms. The molecular weight excluding hydrogens is 217 g/mol. The van der Waals surface area contributed by atoms with Gasteiger partial charge >= 0.3 is 6.18 Å². The van der Waals surface area contributed by atoms with Crippen LogP contribution in [0.4, 0.5) is 13.2 Å². The number of hydrazine groups is 1. The molecule has 0 aromatic heterocycles. The zero-order valence-corrected chi connectivity index (χ0v) is 9.01. The van der Waals surface area contributed by atoms with Gasteiger partial charge in [-0.2, -0.15) is 13.2 Å². The van der Waals surface area contributed by atoms with Gasteiger partial charge < -0.3 is 0 Å². The average molecular weight is 232 g/mol. The summed E-state index contributed by atoms with van der Waals surface area (Å²) in [4.78, 5) is 0. The van der Waals surface area contributed by atoms with Gasteiger partial charge in [0.2, 0.25) is 0 Å². The van der Waals surface area contributed by atoms with E-state index in [0.29, 0.717) is 6.42 Å². The molecule has 0 spiro atoms. The number of benzene rings is 1. The highest BCUT2D eigenvalue weighted by Gasteiger charge is 2.34. The molecule has 0 amide bonds. The van der Waals surface area contributed by atoms with Crippen LogP contribution in [0.15, 0.2) is 24.3 Å². The van der Waals surface area contributed by atoms with Gasteiger partial charge in [0.05, 0.1) is 5.56 Å². The highest BCUT2D eigenvalue weighted by Crippen LogP contribution is 2.35. The summed E-state index contributed by atoms with van der Waals surface area (Å²) in [6.45, 7) is 1.90. The summed E-state index contributed by atoms with van der Waals surface area (Å²) in [5.74, 6) is 5.29. The van der Waals surface area contributed by atoms with E-state index in [1.165, 1.54) is 12.1 Å². The summed E-state index contributed by atoms with van der Waals surface area (Å²) < 4.78 is 38.2. The van der Waals surface area contributed by atoms with E-state index in [1.54, 1.807) is 6.07 Å². The Bertz CT molecular complexity index is 336. The summed E-state index contributed by atoms with van der Waals surface area (Å²) in [5, 5.41) is 0. The fraction of sp³-hybridized carbons (Fsp3) is 0.455. The average Bonchev–Trinajstić information content (AvgIpc) is 2.25. The Morgan fingerprint density at radius 1 is 1.31 bits per heavy atom. The Morgan fingerprint density at radius 2 is 1.94 bits per heavy atom. The quantitative estimate of drug-likeness (QED) is 0.618. The molecule has 0 aliphatic heterocycles. The number of nitrogens with two attached hydrogens (primary N) is 1. The maximum absolute atomic E-state index is 12.7. The van der Waals surface area contributed by atoms with Crippen LogP contribution in [0.3, 0.4) is 0 Å². The van der Waals surface area contributed by atoms with Crippen molar-refractivity contribution in [3.8, 4) is 0 Å². The number of alkyl halides is 3. The number of halogens is 3. The van der Waals surface area contributed by atoms with Crippen LogP contribution in [-0.4, -0.2) is 0 Å². The normalized spacial score (nSPS) is 13.8. The third-order valence-electron chi connectivity index (χ3n) is 2.42. The van der Waals surface area contributed by atoms with Crippen LogP contribution < -0.4 is 11.3 Å². The summed E-state index contributed by atoms with van der Waals surface area (Å²) in [6, 6.07) is 5.05. The minimum Gasteiger partial charge on any atom is -0.271 e. The van der Waals surface area contributed by atoms with Gasteiger partial charge in [-0.25, -0.2) is 0 Å². The number of rotatable bonds is 4. The van der Waals surface area contributed by atoms with Crippen molar-refractivity contribution >= 4 is 0 Å². The Hall–Kier alpha value is -1.07. The van der Waals surface area contributed by atoms with Gasteiger partial charge in [-0.15, -0.1) is 0 Å². The lowest BCUT2D eigenvalue weighted by atomic mass is 9.97. The minimum absolute atomic E-state index is 0.208. The van der Waals surface area contributed by atoms with Gasteiger partial charge in [0.15, 0.2) is 0 Å². The molecule has 1 aromatic carbocycles. The van der Waals surface area contributed by atoms with E-state index in [2.05, 4.69) is 5.43 Å². The molecule has 0 fully saturated rings. The smallest absolute Gasteiger partial charge is 0.271 e. The van der Waals surface area contributed by atoms with Crippen molar-refractivity contribution in [2.24, 2.45) is 5.84 Å². The molecule has 2 nitrogen and oxygen atoms in total. The van der Waals surface area contributed by atoms with E-state index < -0.39 is 17.8 Å². The summed E-state index contributed by atoms with van der Waals surface area (Å²) in [7, 11) is 0. The Balaban J connectivity index is 3.11. The molecule has 0 bridgehead atoms. The zero-order valence-electron chi connectivity index (χ0n) is 9.01. The SMILES string of the molecule is CCCC(NN)c1ccccc1C(F)(F)F. The first-order valence-electron chi connectivity index (χ1n) is 5.13. The van der Waals surface area contributed by atoms with Crippen LogP contribution in [0, 0.1) is 0 Å². The van der Waals surface area contributed by atoms with Gasteiger partial charge in [-0.05, 0) is 18.1 Å². The second-order valence-electron chi connectivity index (χ2n) is 3.59. The van der Waals surface area contributed by atoms with Crippen LogP contribution in [0.1, 0.15) is 36.9 Å². The lowest BCUT2D eigenvalue weighted by Gasteiger charge is -2.20.